The number of likely N-dealkylation sites (tertiary alicyclic amines) is 1. The van der Waals surface area contributed by atoms with Crippen molar-refractivity contribution in [2.45, 2.75) is 18.9 Å². The highest BCUT2D eigenvalue weighted by Crippen LogP contribution is 2.28. The van der Waals surface area contributed by atoms with Gasteiger partial charge in [0.25, 0.3) is 5.91 Å². The summed E-state index contributed by atoms with van der Waals surface area (Å²) >= 11 is 0. The Labute approximate surface area is 121 Å². The molecular formula is C14H17NO6. The Hall–Kier alpha value is -2.28. The number of carboxylic acid groups (broad SMARTS) is 1. The number of hydrogen-bond acceptors (Lipinski definition) is 5. The van der Waals surface area contributed by atoms with Crippen LogP contribution in [-0.2, 0) is 9.53 Å². The third-order valence-electron chi connectivity index (χ3n) is 3.41. The van der Waals surface area contributed by atoms with E-state index in [2.05, 4.69) is 0 Å². The number of amides is 1. The standard InChI is InChI=1S/C14H17NO6/c16-10-2-1-3-11(17)13(10)14(20)15-6-4-9(5-7-15)21-8-12(18)19/h1-3,9,16-17H,4-8H2,(H,18,19). The van der Waals surface area contributed by atoms with Crippen LogP contribution in [0.15, 0.2) is 18.2 Å². The first-order valence-corrected chi connectivity index (χ1v) is 6.62. The molecule has 0 atom stereocenters. The third-order valence-corrected chi connectivity index (χ3v) is 3.41. The van der Waals surface area contributed by atoms with Crippen molar-refractivity contribution in [2.75, 3.05) is 19.7 Å². The molecule has 0 unspecified atom stereocenters. The Morgan fingerprint density at radius 3 is 2.29 bits per heavy atom. The lowest BCUT2D eigenvalue weighted by molar-refractivity contribution is -0.145. The molecule has 1 heterocycles. The molecule has 0 bridgehead atoms. The number of carbonyl (C=O) groups is 2. The highest BCUT2D eigenvalue weighted by atomic mass is 16.5. The molecule has 0 aliphatic carbocycles. The van der Waals surface area contributed by atoms with E-state index < -0.39 is 11.9 Å². The zero-order valence-corrected chi connectivity index (χ0v) is 11.4. The molecule has 114 valence electrons. The maximum Gasteiger partial charge on any atom is 0.329 e. The van der Waals surface area contributed by atoms with Gasteiger partial charge in [0, 0.05) is 13.1 Å². The number of nitrogens with zero attached hydrogens (tertiary/aromatic N) is 1. The minimum atomic E-state index is -1.02. The summed E-state index contributed by atoms with van der Waals surface area (Å²) in [5, 5.41) is 27.9. The minimum absolute atomic E-state index is 0.109. The molecule has 0 spiro atoms. The van der Waals surface area contributed by atoms with E-state index in [0.29, 0.717) is 25.9 Å². The lowest BCUT2D eigenvalue weighted by atomic mass is 10.1. The zero-order valence-electron chi connectivity index (χ0n) is 11.4. The first-order chi connectivity index (χ1) is 9.99. The molecule has 1 aliphatic rings. The molecule has 1 aliphatic heterocycles. The average Bonchev–Trinajstić information content (AvgIpc) is 2.45. The molecule has 1 saturated heterocycles. The fourth-order valence-corrected chi connectivity index (χ4v) is 2.32. The van der Waals surface area contributed by atoms with Crippen LogP contribution in [-0.4, -0.2) is 57.9 Å². The van der Waals surface area contributed by atoms with E-state index in [1.165, 1.54) is 23.1 Å². The number of phenolic OH excluding ortho intramolecular Hbond substituents is 2. The molecule has 3 N–H and O–H groups in total. The van der Waals surface area contributed by atoms with Crippen LogP contribution in [0.25, 0.3) is 0 Å². The maximum atomic E-state index is 12.3. The zero-order chi connectivity index (χ0) is 15.4. The molecule has 1 aromatic carbocycles. The summed E-state index contributed by atoms with van der Waals surface area (Å²) in [6.45, 7) is 0.423. The number of aromatic hydroxyl groups is 2. The molecular weight excluding hydrogens is 278 g/mol. The van der Waals surface area contributed by atoms with Crippen LogP contribution in [0.4, 0.5) is 0 Å². The molecule has 1 aromatic rings. The summed E-state index contributed by atoms with van der Waals surface area (Å²) < 4.78 is 5.19. The first kappa shape index (κ1) is 15.1. The van der Waals surface area contributed by atoms with Gasteiger partial charge in [-0.15, -0.1) is 0 Å². The van der Waals surface area contributed by atoms with E-state index in [1.807, 2.05) is 0 Å². The third kappa shape index (κ3) is 3.63. The van der Waals surface area contributed by atoms with Crippen molar-refractivity contribution < 1.29 is 29.6 Å². The Morgan fingerprint density at radius 1 is 1.19 bits per heavy atom. The van der Waals surface area contributed by atoms with Crippen LogP contribution in [0.1, 0.15) is 23.2 Å². The Kier molecular flexibility index (Phi) is 4.64. The van der Waals surface area contributed by atoms with Gasteiger partial charge < -0.3 is 25.0 Å². The van der Waals surface area contributed by atoms with Gasteiger partial charge in [0.05, 0.1) is 6.10 Å². The summed E-state index contributed by atoms with van der Waals surface area (Å²) in [7, 11) is 0. The van der Waals surface area contributed by atoms with E-state index in [0.717, 1.165) is 0 Å². The predicted octanol–water partition coefficient (Wildman–Crippen LogP) is 0.804. The van der Waals surface area contributed by atoms with E-state index in [1.54, 1.807) is 0 Å². The molecule has 7 heteroatoms. The van der Waals surface area contributed by atoms with Gasteiger partial charge in [-0.2, -0.15) is 0 Å². The quantitative estimate of drug-likeness (QED) is 0.758. The largest absolute Gasteiger partial charge is 0.507 e. The number of carboxylic acids is 1. The van der Waals surface area contributed by atoms with Crippen molar-refractivity contribution in [3.8, 4) is 11.5 Å². The van der Waals surface area contributed by atoms with Crippen molar-refractivity contribution in [1.29, 1.82) is 0 Å². The molecule has 1 amide bonds. The molecule has 7 nitrogen and oxygen atoms in total. The van der Waals surface area contributed by atoms with E-state index in [9.17, 15) is 19.8 Å². The van der Waals surface area contributed by atoms with Crippen LogP contribution in [0.5, 0.6) is 11.5 Å². The normalized spacial score (nSPS) is 15.9. The number of benzene rings is 1. The summed E-state index contributed by atoms with van der Waals surface area (Å²) in [4.78, 5) is 24.2. The van der Waals surface area contributed by atoms with Gasteiger partial charge in [-0.25, -0.2) is 4.79 Å². The van der Waals surface area contributed by atoms with E-state index in [4.69, 9.17) is 9.84 Å². The van der Waals surface area contributed by atoms with Crippen LogP contribution in [0.2, 0.25) is 0 Å². The van der Waals surface area contributed by atoms with Crippen molar-refractivity contribution in [1.82, 2.24) is 4.90 Å². The summed E-state index contributed by atoms with van der Waals surface area (Å²) in [5.41, 5.74) is -0.109. The van der Waals surface area contributed by atoms with E-state index >= 15 is 0 Å². The highest BCUT2D eigenvalue weighted by molar-refractivity contribution is 5.99. The average molecular weight is 295 g/mol. The van der Waals surface area contributed by atoms with Crippen LogP contribution in [0.3, 0.4) is 0 Å². The number of hydrogen-bond donors (Lipinski definition) is 3. The second-order valence-corrected chi connectivity index (χ2v) is 4.87. The molecule has 2 rings (SSSR count). The second kappa shape index (κ2) is 6.45. The second-order valence-electron chi connectivity index (χ2n) is 4.87. The maximum absolute atomic E-state index is 12.3. The number of piperidine rings is 1. The highest BCUT2D eigenvalue weighted by Gasteiger charge is 2.27. The van der Waals surface area contributed by atoms with Crippen molar-refractivity contribution >= 4 is 11.9 Å². The van der Waals surface area contributed by atoms with Crippen molar-refractivity contribution in [2.24, 2.45) is 0 Å². The number of aliphatic carboxylic acids is 1. The summed E-state index contributed by atoms with van der Waals surface area (Å²) in [6, 6.07) is 4.14. The molecule has 1 fully saturated rings. The predicted molar refractivity (Wildman–Crippen MR) is 72.3 cm³/mol. The molecule has 0 saturated carbocycles. The molecule has 0 aromatic heterocycles. The van der Waals surface area contributed by atoms with Gasteiger partial charge in [-0.1, -0.05) is 6.07 Å². The first-order valence-electron chi connectivity index (χ1n) is 6.62. The fraction of sp³-hybridized carbons (Fsp3) is 0.429. The minimum Gasteiger partial charge on any atom is -0.507 e. The van der Waals surface area contributed by atoms with Gasteiger partial charge in [0.2, 0.25) is 0 Å². The number of rotatable bonds is 4. The monoisotopic (exact) mass is 295 g/mol. The lowest BCUT2D eigenvalue weighted by Gasteiger charge is -2.31. The van der Waals surface area contributed by atoms with Crippen LogP contribution >= 0.6 is 0 Å². The Balaban J connectivity index is 1.96. The Bertz CT molecular complexity index is 516. The topological polar surface area (TPSA) is 107 Å². The summed E-state index contributed by atoms with van der Waals surface area (Å²) in [6.07, 6.45) is 0.851. The molecule has 21 heavy (non-hydrogen) atoms. The van der Waals surface area contributed by atoms with Crippen molar-refractivity contribution in [3.05, 3.63) is 23.8 Å². The van der Waals surface area contributed by atoms with E-state index in [-0.39, 0.29) is 29.8 Å². The van der Waals surface area contributed by atoms with Crippen LogP contribution in [0, 0.1) is 0 Å². The smallest absolute Gasteiger partial charge is 0.329 e. The SMILES string of the molecule is O=C(O)COC1CCN(C(=O)c2c(O)cccc2O)CC1. The van der Waals surface area contributed by atoms with Gasteiger partial charge in [0.1, 0.15) is 23.7 Å². The lowest BCUT2D eigenvalue weighted by Crippen LogP contribution is -2.41. The van der Waals surface area contributed by atoms with Crippen molar-refractivity contribution in [3.63, 3.8) is 0 Å². The van der Waals surface area contributed by atoms with Gasteiger partial charge in [-0.05, 0) is 25.0 Å². The fourth-order valence-electron chi connectivity index (χ4n) is 2.32. The Morgan fingerprint density at radius 2 is 1.76 bits per heavy atom. The van der Waals surface area contributed by atoms with Gasteiger partial charge in [0.15, 0.2) is 0 Å². The number of carbonyl (C=O) groups excluding carboxylic acids is 1. The number of ether oxygens (including phenoxy) is 1. The van der Waals surface area contributed by atoms with Crippen LogP contribution < -0.4 is 0 Å². The summed E-state index contributed by atoms with van der Waals surface area (Å²) in [5.74, 6) is -1.98. The van der Waals surface area contributed by atoms with Gasteiger partial charge in [-0.3, -0.25) is 4.79 Å². The molecule has 0 radical (unpaired) electrons. The number of phenols is 2. The van der Waals surface area contributed by atoms with Gasteiger partial charge >= 0.3 is 5.97 Å².